The summed E-state index contributed by atoms with van der Waals surface area (Å²) in [6, 6.07) is 3.34. The number of hydrogen-bond acceptors (Lipinski definition) is 6. The van der Waals surface area contributed by atoms with Gasteiger partial charge in [0.05, 0.1) is 17.9 Å². The van der Waals surface area contributed by atoms with Gasteiger partial charge in [-0.2, -0.15) is 13.2 Å². The fourth-order valence-electron chi connectivity index (χ4n) is 3.54. The van der Waals surface area contributed by atoms with Gasteiger partial charge in [0.1, 0.15) is 5.75 Å². The number of aryl methyl sites for hydroxylation is 1. The summed E-state index contributed by atoms with van der Waals surface area (Å²) in [6.07, 6.45) is -2.53. The van der Waals surface area contributed by atoms with Crippen molar-refractivity contribution in [2.24, 2.45) is 0 Å². The Morgan fingerprint density at radius 3 is 2.55 bits per heavy atom. The lowest BCUT2D eigenvalue weighted by Gasteiger charge is -2.30. The molecule has 1 aromatic carbocycles. The summed E-state index contributed by atoms with van der Waals surface area (Å²) in [5.74, 6) is -0.0873. The predicted molar refractivity (Wildman–Crippen MR) is 106 cm³/mol. The lowest BCUT2D eigenvalue weighted by Crippen LogP contribution is -2.40. The molecule has 1 aliphatic heterocycles. The number of likely N-dealkylation sites (N-methyl/N-ethyl adjacent to an activating group) is 1. The van der Waals surface area contributed by atoms with E-state index in [1.165, 1.54) is 13.0 Å². The molecular formula is C19H24ClF3N4O2. The minimum absolute atomic E-state index is 0. The van der Waals surface area contributed by atoms with Gasteiger partial charge in [-0.15, -0.1) is 22.6 Å². The molecular weight excluding hydrogens is 409 g/mol. The van der Waals surface area contributed by atoms with Gasteiger partial charge < -0.3 is 20.4 Å². The van der Waals surface area contributed by atoms with Gasteiger partial charge in [0.2, 0.25) is 0 Å². The average molecular weight is 433 g/mol. The molecule has 3 rings (SSSR count). The van der Waals surface area contributed by atoms with Crippen LogP contribution in [0.1, 0.15) is 29.5 Å². The predicted octanol–water partition coefficient (Wildman–Crippen LogP) is 3.60. The first kappa shape index (κ1) is 23.2. The van der Waals surface area contributed by atoms with E-state index in [9.17, 15) is 23.4 Å². The van der Waals surface area contributed by atoms with Crippen molar-refractivity contribution in [3.63, 3.8) is 0 Å². The third kappa shape index (κ3) is 5.29. The molecule has 1 saturated heterocycles. The number of aromatic nitrogens is 2. The molecule has 1 atom stereocenters. The van der Waals surface area contributed by atoms with Crippen LogP contribution in [-0.2, 0) is 12.8 Å². The molecule has 29 heavy (non-hydrogen) atoms. The maximum atomic E-state index is 12.9. The zero-order valence-corrected chi connectivity index (χ0v) is 16.9. The van der Waals surface area contributed by atoms with Crippen LogP contribution in [0, 0.1) is 6.92 Å². The summed E-state index contributed by atoms with van der Waals surface area (Å²) in [6.45, 7) is 3.03. The number of aromatic hydroxyl groups is 1. The quantitative estimate of drug-likeness (QED) is 0.685. The van der Waals surface area contributed by atoms with E-state index in [1.807, 2.05) is 7.05 Å². The molecule has 0 saturated carbocycles. The third-order valence-electron chi connectivity index (χ3n) is 4.91. The summed E-state index contributed by atoms with van der Waals surface area (Å²) < 4.78 is 38.8. The molecule has 0 spiro atoms. The first-order valence-electron chi connectivity index (χ1n) is 9.02. The van der Waals surface area contributed by atoms with Crippen LogP contribution in [0.15, 0.2) is 18.2 Å². The summed E-state index contributed by atoms with van der Waals surface area (Å²) in [4.78, 5) is 2.20. The zero-order valence-electron chi connectivity index (χ0n) is 16.1. The minimum atomic E-state index is -4.55. The van der Waals surface area contributed by atoms with E-state index in [2.05, 4.69) is 20.4 Å². The first-order chi connectivity index (χ1) is 13.2. The number of likely N-dealkylation sites (tertiary alicyclic amines) is 1. The molecule has 0 bridgehead atoms. The molecule has 1 fully saturated rings. The van der Waals surface area contributed by atoms with E-state index in [0.717, 1.165) is 32.0 Å². The number of piperidine rings is 1. The fourth-order valence-corrected chi connectivity index (χ4v) is 3.54. The molecule has 1 aliphatic rings. The van der Waals surface area contributed by atoms with Crippen molar-refractivity contribution >= 4 is 18.2 Å². The number of anilines is 1. The van der Waals surface area contributed by atoms with E-state index < -0.39 is 17.5 Å². The van der Waals surface area contributed by atoms with Gasteiger partial charge in [-0.3, -0.25) is 0 Å². The van der Waals surface area contributed by atoms with Crippen molar-refractivity contribution in [3.8, 4) is 17.0 Å². The van der Waals surface area contributed by atoms with Crippen molar-refractivity contribution in [2.75, 3.05) is 25.5 Å². The maximum absolute atomic E-state index is 12.9. The first-order valence-corrected chi connectivity index (χ1v) is 9.02. The van der Waals surface area contributed by atoms with Gasteiger partial charge >= 0.3 is 6.18 Å². The number of phenolic OH excluding ortho intramolecular Hbond substituents is 1. The van der Waals surface area contributed by atoms with Crippen molar-refractivity contribution < 1.29 is 23.4 Å². The molecule has 0 radical (unpaired) electrons. The van der Waals surface area contributed by atoms with Crippen LogP contribution in [0.5, 0.6) is 5.75 Å². The smallest absolute Gasteiger partial charge is 0.416 e. The SMILES string of the molecule is Cc1cc(C(F)(F)F)cc(O)c1-c1cc(CO)c(N[C@@H]2CCCN(C)C2)nn1.Cl. The molecule has 0 unspecified atom stereocenters. The molecule has 3 N–H and O–H groups in total. The molecule has 0 aliphatic carbocycles. The normalized spacial score (nSPS) is 17.7. The summed E-state index contributed by atoms with van der Waals surface area (Å²) in [7, 11) is 2.03. The Bertz CT molecular complexity index is 841. The van der Waals surface area contributed by atoms with Crippen molar-refractivity contribution in [3.05, 3.63) is 34.9 Å². The van der Waals surface area contributed by atoms with Gasteiger partial charge in [-0.1, -0.05) is 0 Å². The topological polar surface area (TPSA) is 81.5 Å². The highest BCUT2D eigenvalue weighted by molar-refractivity contribution is 5.85. The molecule has 1 aromatic heterocycles. The van der Waals surface area contributed by atoms with Gasteiger partial charge in [-0.25, -0.2) is 0 Å². The highest BCUT2D eigenvalue weighted by atomic mass is 35.5. The fraction of sp³-hybridized carbons (Fsp3) is 0.474. The molecule has 2 heterocycles. The van der Waals surface area contributed by atoms with Gasteiger partial charge in [0.15, 0.2) is 5.82 Å². The highest BCUT2D eigenvalue weighted by Crippen LogP contribution is 2.38. The zero-order chi connectivity index (χ0) is 20.5. The second-order valence-corrected chi connectivity index (χ2v) is 7.19. The molecule has 6 nitrogen and oxygen atoms in total. The highest BCUT2D eigenvalue weighted by Gasteiger charge is 2.32. The van der Waals surface area contributed by atoms with Crippen LogP contribution >= 0.6 is 12.4 Å². The number of alkyl halides is 3. The standard InChI is InChI=1S/C19H23F3N4O2.ClH/c1-11-6-13(19(20,21)22)8-16(28)17(11)15-7-12(10-27)18(25-24-15)23-14-4-3-5-26(2)9-14;/h6-8,14,27-28H,3-5,9-10H2,1-2H3,(H,23,25);1H/t14-;/m1./s1. The van der Waals surface area contributed by atoms with Crippen LogP contribution in [-0.4, -0.2) is 51.5 Å². The Hall–Kier alpha value is -2.10. The molecule has 0 amide bonds. The van der Waals surface area contributed by atoms with Crippen molar-refractivity contribution in [1.82, 2.24) is 15.1 Å². The van der Waals surface area contributed by atoms with Crippen LogP contribution in [0.4, 0.5) is 19.0 Å². The number of benzene rings is 1. The average Bonchev–Trinajstić information content (AvgIpc) is 2.61. The Labute approximate surface area is 173 Å². The second-order valence-electron chi connectivity index (χ2n) is 7.19. The number of halogens is 4. The number of hydrogen-bond donors (Lipinski definition) is 3. The Morgan fingerprint density at radius 2 is 1.97 bits per heavy atom. The largest absolute Gasteiger partial charge is 0.507 e. The molecule has 160 valence electrons. The summed E-state index contributed by atoms with van der Waals surface area (Å²) in [5.41, 5.74) is 0.136. The van der Waals surface area contributed by atoms with Crippen LogP contribution in [0.3, 0.4) is 0 Å². The number of phenols is 1. The lowest BCUT2D eigenvalue weighted by molar-refractivity contribution is -0.137. The van der Waals surface area contributed by atoms with Gasteiger partial charge in [-0.05, 0) is 57.1 Å². The molecule has 10 heteroatoms. The lowest BCUT2D eigenvalue weighted by atomic mass is 9.99. The van der Waals surface area contributed by atoms with E-state index in [0.29, 0.717) is 17.4 Å². The van der Waals surface area contributed by atoms with E-state index in [-0.39, 0.29) is 41.9 Å². The van der Waals surface area contributed by atoms with Crippen molar-refractivity contribution in [2.45, 2.75) is 38.6 Å². The van der Waals surface area contributed by atoms with E-state index >= 15 is 0 Å². The summed E-state index contributed by atoms with van der Waals surface area (Å²) in [5, 5.41) is 31.4. The van der Waals surface area contributed by atoms with Gasteiger partial charge in [0, 0.05) is 23.7 Å². The van der Waals surface area contributed by atoms with Crippen molar-refractivity contribution in [1.29, 1.82) is 0 Å². The van der Waals surface area contributed by atoms with Crippen LogP contribution < -0.4 is 5.32 Å². The number of nitrogens with one attached hydrogen (secondary N) is 1. The number of nitrogens with zero attached hydrogens (tertiary/aromatic N) is 3. The van der Waals surface area contributed by atoms with Gasteiger partial charge in [0.25, 0.3) is 0 Å². The third-order valence-corrected chi connectivity index (χ3v) is 4.91. The van der Waals surface area contributed by atoms with Crippen LogP contribution in [0.2, 0.25) is 0 Å². The number of rotatable bonds is 4. The maximum Gasteiger partial charge on any atom is 0.416 e. The minimum Gasteiger partial charge on any atom is -0.507 e. The van der Waals surface area contributed by atoms with E-state index in [4.69, 9.17) is 0 Å². The summed E-state index contributed by atoms with van der Waals surface area (Å²) >= 11 is 0. The Balaban J connectivity index is 0.00000300. The Morgan fingerprint density at radius 1 is 1.24 bits per heavy atom. The number of aliphatic hydroxyl groups excluding tert-OH is 1. The number of aliphatic hydroxyl groups is 1. The van der Waals surface area contributed by atoms with Crippen LogP contribution in [0.25, 0.3) is 11.3 Å². The molecule has 2 aromatic rings. The monoisotopic (exact) mass is 432 g/mol. The Kier molecular flexibility index (Phi) is 7.31. The van der Waals surface area contributed by atoms with E-state index in [1.54, 1.807) is 0 Å². The second kappa shape index (κ2) is 9.15.